The Labute approximate surface area is 178 Å². The first kappa shape index (κ1) is 20.6. The van der Waals surface area contributed by atoms with Crippen LogP contribution in [0.2, 0.25) is 0 Å². The molecule has 1 amide bonds. The molecule has 0 spiro atoms. The van der Waals surface area contributed by atoms with E-state index in [1.54, 1.807) is 50.3 Å². The van der Waals surface area contributed by atoms with Crippen LogP contribution in [0.4, 0.5) is 17.1 Å². The third kappa shape index (κ3) is 3.34. The molecule has 2 aliphatic rings. The average molecular weight is 426 g/mol. The van der Waals surface area contributed by atoms with Crippen LogP contribution in [0.15, 0.2) is 53.6 Å². The van der Waals surface area contributed by atoms with Gasteiger partial charge in [0, 0.05) is 26.2 Å². The van der Waals surface area contributed by atoms with Crippen molar-refractivity contribution in [3.63, 3.8) is 0 Å². The number of nitrogens with one attached hydrogen (secondary N) is 1. The molecule has 4 rings (SSSR count). The lowest BCUT2D eigenvalue weighted by molar-refractivity contribution is -0.991. The predicted octanol–water partition coefficient (Wildman–Crippen LogP) is 0.509. The summed E-state index contributed by atoms with van der Waals surface area (Å²) in [5.41, 5.74) is 1.82. The molecular formula is C20H22N6O5. The van der Waals surface area contributed by atoms with E-state index < -0.39 is 17.5 Å². The Balaban J connectivity index is 1.85. The van der Waals surface area contributed by atoms with Crippen molar-refractivity contribution in [2.24, 2.45) is 5.10 Å². The molecule has 2 unspecified atom stereocenters. The van der Waals surface area contributed by atoms with E-state index in [4.69, 9.17) is 4.74 Å². The summed E-state index contributed by atoms with van der Waals surface area (Å²) in [5, 5.41) is 28.2. The quantitative estimate of drug-likeness (QED) is 0.537. The number of carbonyl (C=O) groups excluding carboxylic acids is 2. The zero-order valence-electron chi connectivity index (χ0n) is 17.2. The van der Waals surface area contributed by atoms with Crippen molar-refractivity contribution in [2.45, 2.75) is 13.2 Å². The topological polar surface area (TPSA) is 116 Å². The first-order chi connectivity index (χ1) is 14.8. The van der Waals surface area contributed by atoms with Gasteiger partial charge in [0.25, 0.3) is 11.7 Å². The van der Waals surface area contributed by atoms with Crippen molar-refractivity contribution in [3.8, 4) is 0 Å². The summed E-state index contributed by atoms with van der Waals surface area (Å²) < 4.78 is 5.17. The van der Waals surface area contributed by atoms with Crippen LogP contribution in [0.3, 0.4) is 0 Å². The Morgan fingerprint density at radius 2 is 1.87 bits per heavy atom. The summed E-state index contributed by atoms with van der Waals surface area (Å²) in [6.07, 6.45) is -0.701. The van der Waals surface area contributed by atoms with Crippen LogP contribution in [-0.2, 0) is 9.53 Å². The molecule has 2 N–H and O–H groups in total. The third-order valence-electron chi connectivity index (χ3n) is 5.17. The number of hydrogen-bond acceptors (Lipinski definition) is 9. The summed E-state index contributed by atoms with van der Waals surface area (Å²) in [6.45, 7) is 1.84. The van der Waals surface area contributed by atoms with Gasteiger partial charge in [0.1, 0.15) is 0 Å². The molecule has 0 aliphatic carbocycles. The molecule has 2 atom stereocenters. The molecule has 2 aromatic carbocycles. The molecule has 0 aromatic heterocycles. The Morgan fingerprint density at radius 1 is 1.19 bits per heavy atom. The highest BCUT2D eigenvalue weighted by Crippen LogP contribution is 2.35. The first-order valence-electron chi connectivity index (χ1n) is 9.62. The second-order valence-corrected chi connectivity index (χ2v) is 6.99. The maximum Gasteiger partial charge on any atom is 0.377 e. The van der Waals surface area contributed by atoms with E-state index in [0.29, 0.717) is 16.9 Å². The number of carbonyl (C=O) groups is 2. The highest BCUT2D eigenvalue weighted by molar-refractivity contribution is 6.36. The number of hydrazone groups is 1. The minimum Gasteiger partial charge on any atom is -0.595 e. The summed E-state index contributed by atoms with van der Waals surface area (Å²) in [6, 6.07) is 13.3. The Morgan fingerprint density at radius 3 is 2.52 bits per heavy atom. The van der Waals surface area contributed by atoms with E-state index >= 15 is 0 Å². The molecular weight excluding hydrogens is 404 g/mol. The van der Waals surface area contributed by atoms with E-state index in [2.05, 4.69) is 5.10 Å². The number of hydrazine groups is 1. The van der Waals surface area contributed by atoms with Crippen molar-refractivity contribution < 1.29 is 24.8 Å². The molecule has 0 saturated heterocycles. The molecule has 31 heavy (non-hydrogen) atoms. The van der Waals surface area contributed by atoms with Gasteiger partial charge in [-0.3, -0.25) is 4.79 Å². The van der Waals surface area contributed by atoms with Crippen molar-refractivity contribution >= 4 is 34.8 Å². The Bertz CT molecular complexity index is 1040. The summed E-state index contributed by atoms with van der Waals surface area (Å²) >= 11 is 0. The van der Waals surface area contributed by atoms with E-state index in [1.807, 2.05) is 17.0 Å². The number of amides is 1. The molecule has 0 fully saturated rings. The van der Waals surface area contributed by atoms with Gasteiger partial charge in [0.05, 0.1) is 23.5 Å². The number of amidine groups is 1. The van der Waals surface area contributed by atoms with E-state index in [-0.39, 0.29) is 24.0 Å². The van der Waals surface area contributed by atoms with Crippen LogP contribution in [0, 0.1) is 5.21 Å². The minimum atomic E-state index is -1.05. The number of nitrogens with zero attached hydrogens (tertiary/aromatic N) is 5. The van der Waals surface area contributed by atoms with Crippen LogP contribution >= 0.6 is 0 Å². The number of para-hydroxylation sites is 1. The molecule has 2 aliphatic heterocycles. The lowest BCUT2D eigenvalue weighted by Crippen LogP contribution is -2.99. The molecule has 0 radical (unpaired) electrons. The van der Waals surface area contributed by atoms with E-state index in [0.717, 1.165) is 0 Å². The van der Waals surface area contributed by atoms with Crippen LogP contribution in [0.25, 0.3) is 0 Å². The molecule has 162 valence electrons. The number of rotatable bonds is 4. The van der Waals surface area contributed by atoms with Gasteiger partial charge in [-0.2, -0.15) is 5.23 Å². The highest BCUT2D eigenvalue weighted by Gasteiger charge is 2.48. The standard InChI is InChI=1S/C20H22N6O5/c1-4-31-19(28)17-21-24(13-9-11-14(12-10-13)26(29)30)20-22(2)16-8-6-5-7-15(16)18(27)23(3)25(17)20/h5-12,20,26,29H,4H2,1-3H3. The minimum absolute atomic E-state index is 0.0512. The smallest absolute Gasteiger partial charge is 0.377 e. The number of anilines is 2. The summed E-state index contributed by atoms with van der Waals surface area (Å²) in [4.78, 5) is 27.7. The fourth-order valence-electron chi connectivity index (χ4n) is 3.67. The average Bonchev–Trinajstić information content (AvgIpc) is 3.15. The van der Waals surface area contributed by atoms with Crippen LogP contribution in [0.5, 0.6) is 0 Å². The lowest BCUT2D eigenvalue weighted by atomic mass is 10.1. The van der Waals surface area contributed by atoms with Gasteiger partial charge in [0.2, 0.25) is 6.29 Å². The fourth-order valence-corrected chi connectivity index (χ4v) is 3.67. The Kier molecular flexibility index (Phi) is 5.23. The first-order valence-corrected chi connectivity index (χ1v) is 9.62. The Hall–Kier alpha value is -3.67. The molecule has 2 heterocycles. The normalized spacial score (nSPS) is 18.9. The fraction of sp³-hybridized carbons (Fsp3) is 0.250. The van der Waals surface area contributed by atoms with Crippen molar-refractivity contribution in [3.05, 3.63) is 59.3 Å². The van der Waals surface area contributed by atoms with Gasteiger partial charge in [-0.15, -0.1) is 5.10 Å². The third-order valence-corrected chi connectivity index (χ3v) is 5.17. The largest absolute Gasteiger partial charge is 0.595 e. The van der Waals surface area contributed by atoms with Crippen molar-refractivity contribution in [2.75, 3.05) is 30.6 Å². The summed E-state index contributed by atoms with van der Waals surface area (Å²) in [7, 11) is 3.36. The van der Waals surface area contributed by atoms with Gasteiger partial charge in [-0.1, -0.05) is 12.1 Å². The highest BCUT2D eigenvalue weighted by atomic mass is 16.8. The van der Waals surface area contributed by atoms with Gasteiger partial charge in [-0.25, -0.2) is 25.0 Å². The molecule has 11 nitrogen and oxygen atoms in total. The van der Waals surface area contributed by atoms with Gasteiger partial charge < -0.3 is 14.8 Å². The van der Waals surface area contributed by atoms with E-state index in [9.17, 15) is 20.0 Å². The predicted molar refractivity (Wildman–Crippen MR) is 111 cm³/mol. The van der Waals surface area contributed by atoms with Crippen molar-refractivity contribution in [1.82, 2.24) is 10.0 Å². The number of quaternary nitrogens is 1. The second kappa shape index (κ2) is 7.87. The number of hydrogen-bond donors (Lipinski definition) is 2. The molecule has 2 aromatic rings. The maximum atomic E-state index is 13.2. The van der Waals surface area contributed by atoms with Crippen LogP contribution in [0.1, 0.15) is 17.3 Å². The van der Waals surface area contributed by atoms with Crippen LogP contribution < -0.4 is 15.1 Å². The zero-order chi connectivity index (χ0) is 22.3. The second-order valence-electron chi connectivity index (χ2n) is 6.99. The SMILES string of the molecule is CCOC(=O)C1=NN(c2ccc([NH+]([O-])O)cc2)C2N(C)c3ccccc3C(=O)N(C)N12. The molecule has 0 saturated carbocycles. The number of fused-ring (bicyclic) bond motifs is 2. The van der Waals surface area contributed by atoms with Crippen LogP contribution in [-0.4, -0.2) is 59.9 Å². The zero-order valence-corrected chi connectivity index (χ0v) is 17.2. The van der Waals surface area contributed by atoms with Gasteiger partial charge in [0.15, 0.2) is 5.69 Å². The maximum absolute atomic E-state index is 13.2. The van der Waals surface area contributed by atoms with Gasteiger partial charge in [-0.05, 0) is 31.2 Å². The number of benzene rings is 2. The lowest BCUT2D eigenvalue weighted by Gasteiger charge is -2.39. The molecule has 11 heteroatoms. The summed E-state index contributed by atoms with van der Waals surface area (Å²) in [5.74, 6) is -1.02. The number of esters is 1. The molecule has 0 bridgehead atoms. The van der Waals surface area contributed by atoms with Gasteiger partial charge >= 0.3 is 5.97 Å². The monoisotopic (exact) mass is 426 g/mol. The van der Waals surface area contributed by atoms with E-state index in [1.165, 1.54) is 22.2 Å². The number of ether oxygens (including phenoxy) is 1. The van der Waals surface area contributed by atoms with Crippen molar-refractivity contribution in [1.29, 1.82) is 0 Å².